The fourth-order valence-corrected chi connectivity index (χ4v) is 2.30. The Morgan fingerprint density at radius 3 is 2.95 bits per heavy atom. The van der Waals surface area contributed by atoms with Gasteiger partial charge in [-0.3, -0.25) is 0 Å². The van der Waals surface area contributed by atoms with Crippen LogP contribution in [-0.4, -0.2) is 20.6 Å². The molecule has 2 aromatic heterocycles. The first-order chi connectivity index (χ1) is 10.2. The monoisotopic (exact) mass is 281 g/mol. The van der Waals surface area contributed by atoms with Crippen LogP contribution in [0.15, 0.2) is 41.0 Å². The first kappa shape index (κ1) is 12.9. The van der Waals surface area contributed by atoms with E-state index in [4.69, 9.17) is 14.8 Å². The van der Waals surface area contributed by atoms with E-state index in [1.165, 1.54) is 12.3 Å². The molecule has 21 heavy (non-hydrogen) atoms. The summed E-state index contributed by atoms with van der Waals surface area (Å²) in [6, 6.07) is 11.0. The molecule has 0 fully saturated rings. The highest BCUT2D eigenvalue weighted by atomic mass is 16.4. The summed E-state index contributed by atoms with van der Waals surface area (Å²) < 4.78 is 7.08. The maximum atomic E-state index is 11.1. The maximum Gasteiger partial charge on any atom is 0.339 e. The molecule has 0 radical (unpaired) electrons. The molecule has 2 heterocycles. The number of hydrogen-bond acceptors (Lipinski definition) is 4. The summed E-state index contributed by atoms with van der Waals surface area (Å²) in [7, 11) is 0. The standard InChI is InChI=1S/C15H11N3O3/c16-7-5-14-17-11-3-1-2-4-12(11)18(14)9-13-10(15(19)20)6-8-21-13/h1-4,6,8H,5,9H2,(H,19,20). The van der Waals surface area contributed by atoms with Crippen LogP contribution < -0.4 is 0 Å². The third-order valence-electron chi connectivity index (χ3n) is 3.25. The zero-order valence-corrected chi connectivity index (χ0v) is 11.0. The van der Waals surface area contributed by atoms with Gasteiger partial charge in [-0.05, 0) is 18.2 Å². The van der Waals surface area contributed by atoms with Crippen LogP contribution in [0.1, 0.15) is 21.9 Å². The van der Waals surface area contributed by atoms with Crippen LogP contribution >= 0.6 is 0 Å². The lowest BCUT2D eigenvalue weighted by atomic mass is 10.2. The van der Waals surface area contributed by atoms with Crippen molar-refractivity contribution in [1.29, 1.82) is 5.26 Å². The topological polar surface area (TPSA) is 92.0 Å². The van der Waals surface area contributed by atoms with Crippen LogP contribution in [0.4, 0.5) is 0 Å². The number of fused-ring (bicyclic) bond motifs is 1. The van der Waals surface area contributed by atoms with Gasteiger partial charge in [0.2, 0.25) is 0 Å². The third-order valence-corrected chi connectivity index (χ3v) is 3.25. The zero-order valence-electron chi connectivity index (χ0n) is 11.0. The van der Waals surface area contributed by atoms with Crippen molar-refractivity contribution in [2.24, 2.45) is 0 Å². The van der Waals surface area contributed by atoms with E-state index in [2.05, 4.69) is 11.1 Å². The largest absolute Gasteiger partial charge is 0.478 e. The van der Waals surface area contributed by atoms with E-state index in [0.717, 1.165) is 11.0 Å². The van der Waals surface area contributed by atoms with Gasteiger partial charge in [0.05, 0.1) is 36.3 Å². The molecule has 0 spiro atoms. The number of nitriles is 1. The number of aromatic nitrogens is 2. The molecule has 0 saturated carbocycles. The number of benzene rings is 1. The molecule has 1 N–H and O–H groups in total. The number of carboxylic acid groups (broad SMARTS) is 1. The van der Waals surface area contributed by atoms with Crippen LogP contribution in [0.2, 0.25) is 0 Å². The maximum absolute atomic E-state index is 11.1. The van der Waals surface area contributed by atoms with E-state index in [1.807, 2.05) is 28.8 Å². The van der Waals surface area contributed by atoms with Crippen molar-refractivity contribution in [3.05, 3.63) is 53.7 Å². The van der Waals surface area contributed by atoms with Gasteiger partial charge in [-0.25, -0.2) is 9.78 Å². The van der Waals surface area contributed by atoms with E-state index >= 15 is 0 Å². The van der Waals surface area contributed by atoms with E-state index < -0.39 is 5.97 Å². The van der Waals surface area contributed by atoms with Gasteiger partial charge >= 0.3 is 5.97 Å². The average molecular weight is 281 g/mol. The Labute approximate surface area is 119 Å². The minimum atomic E-state index is -1.04. The van der Waals surface area contributed by atoms with Crippen molar-refractivity contribution >= 4 is 17.0 Å². The van der Waals surface area contributed by atoms with Crippen LogP contribution in [-0.2, 0) is 13.0 Å². The van der Waals surface area contributed by atoms with E-state index in [-0.39, 0.29) is 18.5 Å². The van der Waals surface area contributed by atoms with Gasteiger partial charge in [0.15, 0.2) is 0 Å². The first-order valence-corrected chi connectivity index (χ1v) is 6.31. The Bertz CT molecular complexity index is 855. The summed E-state index contributed by atoms with van der Waals surface area (Å²) in [6.07, 6.45) is 1.50. The van der Waals surface area contributed by atoms with Gasteiger partial charge in [-0.1, -0.05) is 12.1 Å². The van der Waals surface area contributed by atoms with Gasteiger partial charge in [0, 0.05) is 0 Å². The highest BCUT2D eigenvalue weighted by Crippen LogP contribution is 2.20. The minimum Gasteiger partial charge on any atom is -0.478 e. The van der Waals surface area contributed by atoms with Crippen LogP contribution in [0.3, 0.4) is 0 Å². The van der Waals surface area contributed by atoms with Crippen LogP contribution in [0.25, 0.3) is 11.0 Å². The Morgan fingerprint density at radius 2 is 2.19 bits per heavy atom. The molecule has 0 saturated heterocycles. The molecule has 0 unspecified atom stereocenters. The van der Waals surface area contributed by atoms with E-state index in [1.54, 1.807) is 0 Å². The highest BCUT2D eigenvalue weighted by molar-refractivity contribution is 5.88. The van der Waals surface area contributed by atoms with Crippen molar-refractivity contribution in [2.45, 2.75) is 13.0 Å². The van der Waals surface area contributed by atoms with Gasteiger partial charge < -0.3 is 14.1 Å². The smallest absolute Gasteiger partial charge is 0.339 e. The number of hydrogen-bond donors (Lipinski definition) is 1. The fourth-order valence-electron chi connectivity index (χ4n) is 2.30. The molecular formula is C15H11N3O3. The number of para-hydroxylation sites is 2. The lowest BCUT2D eigenvalue weighted by Crippen LogP contribution is -2.07. The van der Waals surface area contributed by atoms with Crippen molar-refractivity contribution in [2.75, 3.05) is 0 Å². The van der Waals surface area contributed by atoms with E-state index in [9.17, 15) is 4.79 Å². The van der Waals surface area contributed by atoms with Crippen molar-refractivity contribution in [1.82, 2.24) is 9.55 Å². The molecule has 0 aliphatic rings. The summed E-state index contributed by atoms with van der Waals surface area (Å²) in [5, 5.41) is 18.0. The summed E-state index contributed by atoms with van der Waals surface area (Å²) >= 11 is 0. The highest BCUT2D eigenvalue weighted by Gasteiger charge is 2.17. The number of carboxylic acids is 1. The van der Waals surface area contributed by atoms with Crippen molar-refractivity contribution < 1.29 is 14.3 Å². The number of aromatic carboxylic acids is 1. The number of rotatable bonds is 4. The summed E-state index contributed by atoms with van der Waals surface area (Å²) in [5.41, 5.74) is 1.73. The first-order valence-electron chi connectivity index (χ1n) is 6.31. The molecule has 0 bridgehead atoms. The number of furan rings is 1. The molecule has 0 aliphatic heterocycles. The molecule has 0 amide bonds. The number of carbonyl (C=O) groups is 1. The summed E-state index contributed by atoms with van der Waals surface area (Å²) in [5.74, 6) is -0.110. The Kier molecular flexibility index (Phi) is 3.16. The lowest BCUT2D eigenvalue weighted by molar-refractivity contribution is 0.0694. The summed E-state index contributed by atoms with van der Waals surface area (Å²) in [4.78, 5) is 15.6. The second kappa shape index (κ2) is 5.13. The predicted octanol–water partition coefficient (Wildman–Crippen LogP) is 2.44. The number of imidazole rings is 1. The Hall–Kier alpha value is -3.07. The minimum absolute atomic E-state index is 0.121. The summed E-state index contributed by atoms with van der Waals surface area (Å²) in [6.45, 7) is 0.228. The predicted molar refractivity (Wildman–Crippen MR) is 73.8 cm³/mol. The Morgan fingerprint density at radius 1 is 1.38 bits per heavy atom. The molecule has 104 valence electrons. The quantitative estimate of drug-likeness (QED) is 0.793. The zero-order chi connectivity index (χ0) is 14.8. The van der Waals surface area contributed by atoms with Gasteiger partial charge in [-0.15, -0.1) is 0 Å². The molecule has 6 nitrogen and oxygen atoms in total. The fraction of sp³-hybridized carbons (Fsp3) is 0.133. The van der Waals surface area contributed by atoms with Gasteiger partial charge in [0.25, 0.3) is 0 Å². The molecule has 6 heteroatoms. The molecule has 3 aromatic rings. The second-order valence-electron chi connectivity index (χ2n) is 4.50. The molecular weight excluding hydrogens is 270 g/mol. The SMILES string of the molecule is N#CCc1nc2ccccc2n1Cc1occc1C(=O)O. The van der Waals surface area contributed by atoms with Gasteiger partial charge in [-0.2, -0.15) is 5.26 Å². The molecule has 3 rings (SSSR count). The van der Waals surface area contributed by atoms with Crippen molar-refractivity contribution in [3.63, 3.8) is 0 Å². The molecule has 1 aromatic carbocycles. The van der Waals surface area contributed by atoms with Crippen LogP contribution in [0, 0.1) is 11.3 Å². The molecule has 0 aliphatic carbocycles. The lowest BCUT2D eigenvalue weighted by Gasteiger charge is -2.06. The van der Waals surface area contributed by atoms with Crippen LogP contribution in [0.5, 0.6) is 0 Å². The average Bonchev–Trinajstić information content (AvgIpc) is 3.06. The number of nitrogens with zero attached hydrogens (tertiary/aromatic N) is 3. The molecule has 0 atom stereocenters. The third kappa shape index (κ3) is 2.25. The second-order valence-corrected chi connectivity index (χ2v) is 4.50. The van der Waals surface area contributed by atoms with Crippen molar-refractivity contribution in [3.8, 4) is 6.07 Å². The van der Waals surface area contributed by atoms with Gasteiger partial charge in [0.1, 0.15) is 17.1 Å². The van der Waals surface area contributed by atoms with E-state index in [0.29, 0.717) is 11.6 Å². The Balaban J connectivity index is 2.11. The normalized spacial score (nSPS) is 10.6.